The number of benzene rings is 3. The van der Waals surface area contributed by atoms with Crippen molar-refractivity contribution in [1.82, 2.24) is 0 Å². The molecule has 1 atom stereocenters. The van der Waals surface area contributed by atoms with Gasteiger partial charge in [-0.2, -0.15) is 0 Å². The van der Waals surface area contributed by atoms with Gasteiger partial charge in [0.2, 0.25) is 6.10 Å². The van der Waals surface area contributed by atoms with E-state index in [2.05, 4.69) is 17.6 Å². The fourth-order valence-corrected chi connectivity index (χ4v) is 3.20. The molecule has 0 bridgehead atoms. The second kappa shape index (κ2) is 8.69. The number of anilines is 2. The number of carbonyl (C=O) groups excluding carboxylic acids is 2. The van der Waals surface area contributed by atoms with Gasteiger partial charge in [0, 0.05) is 11.3 Å². The van der Waals surface area contributed by atoms with Gasteiger partial charge < -0.3 is 20.1 Å². The number of amides is 2. The highest BCUT2D eigenvalue weighted by molar-refractivity contribution is 6.00. The van der Waals surface area contributed by atoms with Crippen LogP contribution in [0.5, 0.6) is 11.5 Å². The van der Waals surface area contributed by atoms with Crippen LogP contribution >= 0.6 is 0 Å². The summed E-state index contributed by atoms with van der Waals surface area (Å²) in [5.74, 6) is 0.643. The predicted octanol–water partition coefficient (Wildman–Crippen LogP) is 4.34. The molecule has 1 aliphatic heterocycles. The molecule has 6 nitrogen and oxygen atoms in total. The number of hydrogen-bond acceptors (Lipinski definition) is 4. The maximum absolute atomic E-state index is 12.5. The summed E-state index contributed by atoms with van der Waals surface area (Å²) in [5, 5.41) is 5.62. The molecule has 0 spiro atoms. The minimum Gasteiger partial charge on any atom is -0.484 e. The zero-order valence-corrected chi connectivity index (χ0v) is 16.6. The van der Waals surface area contributed by atoms with Crippen LogP contribution in [0.3, 0.4) is 0 Å². The van der Waals surface area contributed by atoms with Crippen LogP contribution in [0, 0.1) is 0 Å². The average Bonchev–Trinajstić information content (AvgIpc) is 2.78. The zero-order valence-electron chi connectivity index (χ0n) is 16.6. The predicted molar refractivity (Wildman–Crippen MR) is 115 cm³/mol. The summed E-state index contributed by atoms with van der Waals surface area (Å²) >= 11 is 0. The molecule has 3 aromatic carbocycles. The standard InChI is InChI=1S/C24H22N2O4/c1-2-16-8-11-19(12-9-16)29-15-22(27)25-18-10-13-21-20(14-18)26-24(28)23(30-21)17-6-4-3-5-7-17/h3-14,23H,2,15H2,1H3,(H,25,27)(H,26,28). The molecule has 0 fully saturated rings. The topological polar surface area (TPSA) is 76.7 Å². The van der Waals surface area contributed by atoms with Gasteiger partial charge in [0.05, 0.1) is 5.69 Å². The van der Waals surface area contributed by atoms with Crippen molar-refractivity contribution in [2.24, 2.45) is 0 Å². The van der Waals surface area contributed by atoms with Gasteiger partial charge in [-0.05, 0) is 42.3 Å². The number of nitrogens with one attached hydrogen (secondary N) is 2. The van der Waals surface area contributed by atoms with Crippen LogP contribution < -0.4 is 20.1 Å². The molecular weight excluding hydrogens is 380 g/mol. The Morgan fingerprint density at radius 1 is 1.07 bits per heavy atom. The molecule has 4 rings (SSSR count). The minimum absolute atomic E-state index is 0.110. The van der Waals surface area contributed by atoms with E-state index in [9.17, 15) is 9.59 Å². The second-order valence-corrected chi connectivity index (χ2v) is 6.94. The smallest absolute Gasteiger partial charge is 0.270 e. The number of rotatable bonds is 6. The average molecular weight is 402 g/mol. The van der Waals surface area contributed by atoms with Gasteiger partial charge in [0.25, 0.3) is 11.8 Å². The third-order valence-electron chi connectivity index (χ3n) is 4.81. The summed E-state index contributed by atoms with van der Waals surface area (Å²) in [6.07, 6.45) is 0.248. The van der Waals surface area contributed by atoms with Crippen molar-refractivity contribution in [3.8, 4) is 11.5 Å². The Morgan fingerprint density at radius 3 is 2.57 bits per heavy atom. The monoisotopic (exact) mass is 402 g/mol. The third kappa shape index (κ3) is 4.43. The summed E-state index contributed by atoms with van der Waals surface area (Å²) in [4.78, 5) is 24.7. The fraction of sp³-hybridized carbons (Fsp3) is 0.167. The van der Waals surface area contributed by atoms with Gasteiger partial charge in [-0.25, -0.2) is 0 Å². The number of carbonyl (C=O) groups is 2. The number of hydrogen-bond donors (Lipinski definition) is 2. The molecule has 1 heterocycles. The van der Waals surface area contributed by atoms with E-state index in [-0.39, 0.29) is 18.4 Å². The zero-order chi connectivity index (χ0) is 20.9. The normalized spacial score (nSPS) is 14.8. The van der Waals surface area contributed by atoms with E-state index in [0.29, 0.717) is 22.9 Å². The lowest BCUT2D eigenvalue weighted by Gasteiger charge is -2.26. The number of aryl methyl sites for hydroxylation is 1. The van der Waals surface area contributed by atoms with Gasteiger partial charge in [-0.3, -0.25) is 9.59 Å². The molecule has 3 aromatic rings. The van der Waals surface area contributed by atoms with E-state index in [4.69, 9.17) is 9.47 Å². The lowest BCUT2D eigenvalue weighted by molar-refractivity contribution is -0.123. The van der Waals surface area contributed by atoms with E-state index in [1.54, 1.807) is 18.2 Å². The molecule has 30 heavy (non-hydrogen) atoms. The molecule has 0 saturated heterocycles. The highest BCUT2D eigenvalue weighted by Gasteiger charge is 2.29. The first-order chi connectivity index (χ1) is 14.6. The Balaban J connectivity index is 1.38. The van der Waals surface area contributed by atoms with Crippen LogP contribution in [0.2, 0.25) is 0 Å². The first kappa shape index (κ1) is 19.5. The van der Waals surface area contributed by atoms with Gasteiger partial charge in [0.1, 0.15) is 11.5 Å². The van der Waals surface area contributed by atoms with Crippen LogP contribution in [0.1, 0.15) is 24.2 Å². The first-order valence-electron chi connectivity index (χ1n) is 9.80. The SMILES string of the molecule is CCc1ccc(OCC(=O)Nc2ccc3c(c2)NC(=O)C(c2ccccc2)O3)cc1. The van der Waals surface area contributed by atoms with E-state index in [0.717, 1.165) is 12.0 Å². The Kier molecular flexibility index (Phi) is 5.66. The lowest BCUT2D eigenvalue weighted by Crippen LogP contribution is -2.30. The second-order valence-electron chi connectivity index (χ2n) is 6.94. The van der Waals surface area contributed by atoms with Gasteiger partial charge in [-0.1, -0.05) is 49.4 Å². The molecule has 0 radical (unpaired) electrons. The van der Waals surface area contributed by atoms with Gasteiger partial charge in [0.15, 0.2) is 6.61 Å². The van der Waals surface area contributed by atoms with Crippen molar-refractivity contribution in [1.29, 1.82) is 0 Å². The molecule has 2 N–H and O–H groups in total. The van der Waals surface area contributed by atoms with Crippen LogP contribution in [0.15, 0.2) is 72.8 Å². The van der Waals surface area contributed by atoms with E-state index in [1.165, 1.54) is 5.56 Å². The highest BCUT2D eigenvalue weighted by Crippen LogP contribution is 2.36. The molecule has 0 aliphatic carbocycles. The summed E-state index contributed by atoms with van der Waals surface area (Å²) in [6, 6.07) is 22.1. The Hall–Kier alpha value is -3.80. The minimum atomic E-state index is -0.702. The van der Waals surface area contributed by atoms with Crippen molar-refractivity contribution in [2.75, 3.05) is 17.2 Å². The van der Waals surface area contributed by atoms with E-state index >= 15 is 0 Å². The van der Waals surface area contributed by atoms with Crippen LogP contribution in [0.4, 0.5) is 11.4 Å². The summed E-state index contributed by atoms with van der Waals surface area (Å²) in [6.45, 7) is 1.97. The Labute approximate surface area is 174 Å². The van der Waals surface area contributed by atoms with Crippen molar-refractivity contribution in [3.63, 3.8) is 0 Å². The maximum atomic E-state index is 12.5. The molecule has 0 saturated carbocycles. The van der Waals surface area contributed by atoms with E-state index < -0.39 is 6.10 Å². The third-order valence-corrected chi connectivity index (χ3v) is 4.81. The largest absolute Gasteiger partial charge is 0.484 e. The van der Waals surface area contributed by atoms with Crippen molar-refractivity contribution in [3.05, 3.63) is 83.9 Å². The molecule has 152 valence electrons. The molecule has 6 heteroatoms. The van der Waals surface area contributed by atoms with Crippen LogP contribution in [0.25, 0.3) is 0 Å². The van der Waals surface area contributed by atoms with Crippen LogP contribution in [-0.2, 0) is 16.0 Å². The Bertz CT molecular complexity index is 1050. The highest BCUT2D eigenvalue weighted by atomic mass is 16.5. The number of fused-ring (bicyclic) bond motifs is 1. The molecule has 0 aromatic heterocycles. The summed E-state index contributed by atoms with van der Waals surface area (Å²) < 4.78 is 11.4. The number of ether oxygens (including phenoxy) is 2. The van der Waals surface area contributed by atoms with Crippen molar-refractivity contribution >= 4 is 23.2 Å². The summed E-state index contributed by atoms with van der Waals surface area (Å²) in [5.41, 5.74) is 3.05. The van der Waals surface area contributed by atoms with Crippen molar-refractivity contribution < 1.29 is 19.1 Å². The van der Waals surface area contributed by atoms with Crippen molar-refractivity contribution in [2.45, 2.75) is 19.4 Å². The molecule has 1 aliphatic rings. The van der Waals surface area contributed by atoms with E-state index in [1.807, 2.05) is 54.6 Å². The van der Waals surface area contributed by atoms with Crippen LogP contribution in [-0.4, -0.2) is 18.4 Å². The molecule has 2 amide bonds. The quantitative estimate of drug-likeness (QED) is 0.643. The van der Waals surface area contributed by atoms with Gasteiger partial charge in [-0.15, -0.1) is 0 Å². The lowest BCUT2D eigenvalue weighted by atomic mass is 10.1. The fourth-order valence-electron chi connectivity index (χ4n) is 3.20. The maximum Gasteiger partial charge on any atom is 0.270 e. The summed E-state index contributed by atoms with van der Waals surface area (Å²) in [7, 11) is 0. The first-order valence-corrected chi connectivity index (χ1v) is 9.80. The molecular formula is C24H22N2O4. The molecule has 1 unspecified atom stereocenters. The van der Waals surface area contributed by atoms with Gasteiger partial charge >= 0.3 is 0 Å². The Morgan fingerprint density at radius 2 is 1.83 bits per heavy atom.